The molecule has 11 heteroatoms. The van der Waals surface area contributed by atoms with E-state index in [4.69, 9.17) is 54.7 Å². The van der Waals surface area contributed by atoms with Crippen LogP contribution in [0, 0.1) is 0 Å². The SMILES string of the molecule is Nc1c(Cl)c(Cl)nc(C(=O)OCC(=O)Nc2ccc3c(c2)OCO3)c1Cl. The number of benzene rings is 1. The molecule has 3 N–H and O–H groups in total. The van der Waals surface area contributed by atoms with Crippen molar-refractivity contribution in [2.45, 2.75) is 0 Å². The summed E-state index contributed by atoms with van der Waals surface area (Å²) in [5.74, 6) is -0.475. The van der Waals surface area contributed by atoms with E-state index < -0.39 is 18.5 Å². The molecule has 2 heterocycles. The number of rotatable bonds is 4. The third-order valence-corrected chi connectivity index (χ3v) is 4.39. The molecule has 0 aliphatic carbocycles. The Morgan fingerprint density at radius 3 is 2.69 bits per heavy atom. The Morgan fingerprint density at radius 2 is 1.92 bits per heavy atom. The van der Waals surface area contributed by atoms with E-state index in [9.17, 15) is 9.59 Å². The summed E-state index contributed by atoms with van der Waals surface area (Å²) in [6, 6.07) is 4.84. The second kappa shape index (κ2) is 7.45. The zero-order valence-electron chi connectivity index (χ0n) is 12.8. The first-order chi connectivity index (χ1) is 12.4. The fourth-order valence-corrected chi connectivity index (χ4v) is 2.62. The summed E-state index contributed by atoms with van der Waals surface area (Å²) >= 11 is 17.4. The lowest BCUT2D eigenvalue weighted by Gasteiger charge is -2.10. The number of aromatic nitrogens is 1. The maximum Gasteiger partial charge on any atom is 0.359 e. The van der Waals surface area contributed by atoms with Crippen molar-refractivity contribution in [3.05, 3.63) is 39.1 Å². The number of amides is 1. The van der Waals surface area contributed by atoms with E-state index in [2.05, 4.69) is 10.3 Å². The fourth-order valence-electron chi connectivity index (χ4n) is 2.04. The van der Waals surface area contributed by atoms with Crippen LogP contribution in [0.25, 0.3) is 0 Å². The van der Waals surface area contributed by atoms with E-state index >= 15 is 0 Å². The van der Waals surface area contributed by atoms with Gasteiger partial charge in [0.05, 0.1) is 10.7 Å². The van der Waals surface area contributed by atoms with Crippen LogP contribution in [0.15, 0.2) is 18.2 Å². The van der Waals surface area contributed by atoms with Gasteiger partial charge in [-0.2, -0.15) is 0 Å². The highest BCUT2D eigenvalue weighted by Gasteiger charge is 2.22. The first-order valence-corrected chi connectivity index (χ1v) is 8.16. The molecule has 1 aromatic carbocycles. The molecule has 0 bridgehead atoms. The topological polar surface area (TPSA) is 113 Å². The number of esters is 1. The number of anilines is 2. The molecule has 136 valence electrons. The van der Waals surface area contributed by atoms with Gasteiger partial charge in [0.25, 0.3) is 5.91 Å². The molecular weight excluding hydrogens is 409 g/mol. The molecular formula is C15H10Cl3N3O5. The molecule has 26 heavy (non-hydrogen) atoms. The molecule has 2 aromatic rings. The summed E-state index contributed by atoms with van der Waals surface area (Å²) in [4.78, 5) is 27.7. The summed E-state index contributed by atoms with van der Waals surface area (Å²) in [6.45, 7) is -0.462. The number of nitrogens with two attached hydrogens (primary N) is 1. The van der Waals surface area contributed by atoms with Crippen LogP contribution in [-0.2, 0) is 9.53 Å². The number of nitrogen functional groups attached to an aromatic ring is 1. The molecule has 0 fully saturated rings. The predicted molar refractivity (Wildman–Crippen MR) is 95.2 cm³/mol. The molecule has 0 saturated heterocycles. The largest absolute Gasteiger partial charge is 0.454 e. The average Bonchev–Trinajstić information content (AvgIpc) is 3.08. The van der Waals surface area contributed by atoms with E-state index in [0.29, 0.717) is 17.2 Å². The summed E-state index contributed by atoms with van der Waals surface area (Å²) in [5, 5.41) is 2.06. The molecule has 1 aliphatic heterocycles. The maximum absolute atomic E-state index is 12.0. The van der Waals surface area contributed by atoms with Crippen molar-refractivity contribution in [2.24, 2.45) is 0 Å². The smallest absolute Gasteiger partial charge is 0.359 e. The zero-order valence-corrected chi connectivity index (χ0v) is 15.1. The number of hydrogen-bond donors (Lipinski definition) is 2. The lowest BCUT2D eigenvalue weighted by Crippen LogP contribution is -2.21. The molecule has 0 radical (unpaired) electrons. The van der Waals surface area contributed by atoms with Gasteiger partial charge in [0.1, 0.15) is 5.02 Å². The molecule has 3 rings (SSSR count). The quantitative estimate of drug-likeness (QED) is 0.579. The van der Waals surface area contributed by atoms with E-state index in [1.54, 1.807) is 18.2 Å². The van der Waals surface area contributed by atoms with Crippen LogP contribution in [0.1, 0.15) is 10.5 Å². The molecule has 8 nitrogen and oxygen atoms in total. The number of nitrogens with one attached hydrogen (secondary N) is 1. The third kappa shape index (κ3) is 3.72. The van der Waals surface area contributed by atoms with Crippen molar-refractivity contribution in [1.82, 2.24) is 4.98 Å². The minimum atomic E-state index is -0.971. The highest BCUT2D eigenvalue weighted by atomic mass is 35.5. The lowest BCUT2D eigenvalue weighted by atomic mass is 10.3. The van der Waals surface area contributed by atoms with E-state index in [1.165, 1.54) is 0 Å². The maximum atomic E-state index is 12.0. The number of pyridine rings is 1. The van der Waals surface area contributed by atoms with Crippen LogP contribution in [0.5, 0.6) is 11.5 Å². The minimum absolute atomic E-state index is 0.0752. The van der Waals surface area contributed by atoms with Crippen LogP contribution in [0.2, 0.25) is 15.2 Å². The average molecular weight is 419 g/mol. The number of fused-ring (bicyclic) bond motifs is 1. The Hall–Kier alpha value is -2.42. The van der Waals surface area contributed by atoms with Gasteiger partial charge in [-0.1, -0.05) is 34.8 Å². The molecule has 0 unspecified atom stereocenters. The van der Waals surface area contributed by atoms with Crippen LogP contribution >= 0.6 is 34.8 Å². The summed E-state index contributed by atoms with van der Waals surface area (Å²) in [7, 11) is 0. The number of halogens is 3. The standard InChI is InChI=1S/C15H10Cl3N3O5/c16-10-12(19)11(17)14(18)21-13(10)15(23)24-4-9(22)20-6-1-2-7-8(3-6)26-5-25-7/h1-3H,4-5H2,(H2,19,21)(H,20,22). The van der Waals surface area contributed by atoms with Crippen molar-refractivity contribution >= 4 is 58.1 Å². The summed E-state index contributed by atoms with van der Waals surface area (Å²) < 4.78 is 15.3. The van der Waals surface area contributed by atoms with Gasteiger partial charge in [-0.25, -0.2) is 9.78 Å². The van der Waals surface area contributed by atoms with E-state index in [0.717, 1.165) is 0 Å². The Kier molecular flexibility index (Phi) is 5.26. The van der Waals surface area contributed by atoms with E-state index in [-0.39, 0.29) is 33.4 Å². The normalized spacial score (nSPS) is 12.0. The first kappa shape index (κ1) is 18.4. The monoisotopic (exact) mass is 417 g/mol. The molecule has 1 aromatic heterocycles. The highest BCUT2D eigenvalue weighted by molar-refractivity contribution is 6.46. The van der Waals surface area contributed by atoms with Gasteiger partial charge in [0.15, 0.2) is 29.0 Å². The molecule has 1 amide bonds. The number of nitrogens with zero attached hydrogens (tertiary/aromatic N) is 1. The number of hydrogen-bond acceptors (Lipinski definition) is 7. The zero-order chi connectivity index (χ0) is 18.8. The Bertz CT molecular complexity index is 907. The lowest BCUT2D eigenvalue weighted by molar-refractivity contribution is -0.119. The van der Waals surface area contributed by atoms with Crippen molar-refractivity contribution in [3.8, 4) is 11.5 Å². The molecule has 0 spiro atoms. The number of carbonyl (C=O) groups is 2. The first-order valence-electron chi connectivity index (χ1n) is 7.03. The van der Waals surface area contributed by atoms with Gasteiger partial charge in [0, 0.05) is 11.8 Å². The van der Waals surface area contributed by atoms with Gasteiger partial charge in [0.2, 0.25) is 6.79 Å². The Balaban J connectivity index is 1.62. The van der Waals surface area contributed by atoms with Gasteiger partial charge in [-0.05, 0) is 12.1 Å². The third-order valence-electron chi connectivity index (χ3n) is 3.26. The van der Waals surface area contributed by atoms with Crippen LogP contribution in [0.4, 0.5) is 11.4 Å². The van der Waals surface area contributed by atoms with Crippen LogP contribution < -0.4 is 20.5 Å². The van der Waals surface area contributed by atoms with Gasteiger partial charge >= 0.3 is 5.97 Å². The summed E-state index contributed by atoms with van der Waals surface area (Å²) in [6.07, 6.45) is 0. The minimum Gasteiger partial charge on any atom is -0.454 e. The molecule has 0 atom stereocenters. The van der Waals surface area contributed by atoms with Gasteiger partial charge < -0.3 is 25.3 Å². The van der Waals surface area contributed by atoms with Crippen molar-refractivity contribution in [3.63, 3.8) is 0 Å². The second-order valence-corrected chi connectivity index (χ2v) is 6.10. The Morgan fingerprint density at radius 1 is 1.19 bits per heavy atom. The summed E-state index contributed by atoms with van der Waals surface area (Å²) in [5.41, 5.74) is 5.63. The second-order valence-electron chi connectivity index (χ2n) is 4.99. The Labute approximate surface area is 162 Å². The number of ether oxygens (including phenoxy) is 3. The van der Waals surface area contributed by atoms with Crippen molar-refractivity contribution in [1.29, 1.82) is 0 Å². The fraction of sp³-hybridized carbons (Fsp3) is 0.133. The van der Waals surface area contributed by atoms with Gasteiger partial charge in [-0.15, -0.1) is 0 Å². The molecule has 0 saturated carbocycles. The van der Waals surface area contributed by atoms with Crippen LogP contribution in [0.3, 0.4) is 0 Å². The van der Waals surface area contributed by atoms with E-state index in [1.807, 2.05) is 0 Å². The highest BCUT2D eigenvalue weighted by Crippen LogP contribution is 2.35. The van der Waals surface area contributed by atoms with Crippen molar-refractivity contribution < 1.29 is 23.8 Å². The van der Waals surface area contributed by atoms with Crippen molar-refractivity contribution in [2.75, 3.05) is 24.5 Å². The van der Waals surface area contributed by atoms with Crippen LogP contribution in [-0.4, -0.2) is 30.3 Å². The molecule has 1 aliphatic rings. The number of carbonyl (C=O) groups excluding carboxylic acids is 2. The van der Waals surface area contributed by atoms with Gasteiger partial charge in [-0.3, -0.25) is 4.79 Å². The predicted octanol–water partition coefficient (Wildman–Crippen LogP) is 3.15.